The topological polar surface area (TPSA) is 38.7 Å². The highest BCUT2D eigenvalue weighted by Gasteiger charge is 2.17. The van der Waals surface area contributed by atoms with Gasteiger partial charge in [-0.15, -0.1) is 22.7 Å². The number of para-hydroxylation sites is 1. The van der Waals surface area contributed by atoms with Crippen molar-refractivity contribution in [3.8, 4) is 55.6 Å². The van der Waals surface area contributed by atoms with Crippen molar-refractivity contribution in [3.63, 3.8) is 0 Å². The summed E-state index contributed by atoms with van der Waals surface area (Å²) in [4.78, 5) is 15.4. The monoisotopic (exact) mass is 623 g/mol. The molecule has 46 heavy (non-hydrogen) atoms. The summed E-state index contributed by atoms with van der Waals surface area (Å²) in [7, 11) is 0. The molecule has 0 aliphatic carbocycles. The predicted molar refractivity (Wildman–Crippen MR) is 195 cm³/mol. The number of thiophene rings is 1. The molecular weight excluding hydrogens is 599 g/mol. The van der Waals surface area contributed by atoms with Gasteiger partial charge in [0.1, 0.15) is 5.01 Å². The van der Waals surface area contributed by atoms with Crippen LogP contribution >= 0.6 is 22.7 Å². The summed E-state index contributed by atoms with van der Waals surface area (Å²) in [5.74, 6) is 0.724. The van der Waals surface area contributed by atoms with Crippen molar-refractivity contribution < 1.29 is 0 Å². The van der Waals surface area contributed by atoms with Crippen LogP contribution in [0.3, 0.4) is 0 Å². The van der Waals surface area contributed by atoms with E-state index in [-0.39, 0.29) is 0 Å². The standard InChI is InChI=1S/C41H25N3S2/c1-3-11-26(12-4-1)28-15-9-16-29(23-28)35-25-34(27-13-5-2-6-14-27)42-40(43-35)32-17-10-20-37-39(32)31-22-21-30(24-38(31)45-37)41-44-33-18-7-8-19-36(33)46-41/h1-25H. The van der Waals surface area contributed by atoms with Crippen LogP contribution in [0.25, 0.3) is 86.0 Å². The van der Waals surface area contributed by atoms with Gasteiger partial charge in [-0.25, -0.2) is 15.0 Å². The smallest absolute Gasteiger partial charge is 0.161 e. The van der Waals surface area contributed by atoms with E-state index in [0.717, 1.165) is 55.6 Å². The summed E-state index contributed by atoms with van der Waals surface area (Å²) >= 11 is 3.55. The summed E-state index contributed by atoms with van der Waals surface area (Å²) in [6.07, 6.45) is 0. The minimum atomic E-state index is 0.724. The van der Waals surface area contributed by atoms with E-state index in [1.165, 1.54) is 30.4 Å². The minimum absolute atomic E-state index is 0.724. The zero-order valence-corrected chi connectivity index (χ0v) is 26.2. The first-order valence-corrected chi connectivity index (χ1v) is 16.8. The molecule has 0 aliphatic heterocycles. The van der Waals surface area contributed by atoms with Gasteiger partial charge in [0.05, 0.1) is 21.6 Å². The Morgan fingerprint density at radius 2 is 1.07 bits per heavy atom. The molecule has 9 aromatic rings. The molecule has 0 spiro atoms. The van der Waals surface area contributed by atoms with Gasteiger partial charge in [-0.05, 0) is 47.5 Å². The molecule has 0 atom stereocenters. The molecule has 216 valence electrons. The van der Waals surface area contributed by atoms with Gasteiger partial charge in [-0.3, -0.25) is 0 Å². The maximum absolute atomic E-state index is 5.25. The van der Waals surface area contributed by atoms with E-state index in [0.29, 0.717) is 0 Å². The van der Waals surface area contributed by atoms with Crippen molar-refractivity contribution in [3.05, 3.63) is 152 Å². The Bertz CT molecular complexity index is 2500. The number of benzene rings is 6. The zero-order chi connectivity index (χ0) is 30.5. The molecule has 3 heterocycles. The molecule has 5 heteroatoms. The van der Waals surface area contributed by atoms with Gasteiger partial charge in [0.15, 0.2) is 5.82 Å². The number of rotatable bonds is 5. The second-order valence-electron chi connectivity index (χ2n) is 11.3. The third-order valence-corrected chi connectivity index (χ3v) is 10.5. The summed E-state index contributed by atoms with van der Waals surface area (Å²) in [5.41, 5.74) is 9.49. The molecule has 0 amide bonds. The third kappa shape index (κ3) is 4.78. The van der Waals surface area contributed by atoms with Crippen LogP contribution in [0.2, 0.25) is 0 Å². The van der Waals surface area contributed by atoms with Crippen LogP contribution in [0.5, 0.6) is 0 Å². The Balaban J connectivity index is 1.21. The average molecular weight is 624 g/mol. The van der Waals surface area contributed by atoms with E-state index in [9.17, 15) is 0 Å². The number of aromatic nitrogens is 3. The van der Waals surface area contributed by atoms with Crippen molar-refractivity contribution in [1.29, 1.82) is 0 Å². The lowest BCUT2D eigenvalue weighted by Gasteiger charge is -2.11. The first-order chi connectivity index (χ1) is 22.8. The quantitative estimate of drug-likeness (QED) is 0.191. The van der Waals surface area contributed by atoms with Crippen LogP contribution in [-0.4, -0.2) is 15.0 Å². The molecule has 0 bridgehead atoms. The second-order valence-corrected chi connectivity index (χ2v) is 13.4. The minimum Gasteiger partial charge on any atom is -0.236 e. The van der Waals surface area contributed by atoms with Crippen LogP contribution in [0, 0.1) is 0 Å². The predicted octanol–water partition coefficient (Wildman–Crippen LogP) is 11.8. The molecule has 0 aliphatic rings. The number of thiazole rings is 1. The Hall–Kier alpha value is -5.49. The molecule has 0 radical (unpaired) electrons. The van der Waals surface area contributed by atoms with Crippen LogP contribution in [0.4, 0.5) is 0 Å². The third-order valence-electron chi connectivity index (χ3n) is 8.34. The van der Waals surface area contributed by atoms with Crippen LogP contribution in [0.15, 0.2) is 152 Å². The Labute approximate surface area is 274 Å². The normalized spacial score (nSPS) is 11.5. The molecule has 9 rings (SSSR count). The van der Waals surface area contributed by atoms with Crippen molar-refractivity contribution >= 4 is 53.1 Å². The summed E-state index contributed by atoms with van der Waals surface area (Å²) < 4.78 is 3.65. The maximum Gasteiger partial charge on any atom is 0.161 e. The molecule has 6 aromatic carbocycles. The van der Waals surface area contributed by atoms with Crippen molar-refractivity contribution in [2.45, 2.75) is 0 Å². The van der Waals surface area contributed by atoms with E-state index >= 15 is 0 Å². The molecular formula is C41H25N3S2. The fourth-order valence-corrected chi connectivity index (χ4v) is 8.24. The number of hydrogen-bond donors (Lipinski definition) is 0. The fraction of sp³-hybridized carbons (Fsp3) is 0. The lowest BCUT2D eigenvalue weighted by molar-refractivity contribution is 1.19. The average Bonchev–Trinajstić information content (AvgIpc) is 3.74. The maximum atomic E-state index is 5.25. The summed E-state index contributed by atoms with van der Waals surface area (Å²) in [5, 5.41) is 3.44. The number of nitrogens with zero attached hydrogens (tertiary/aromatic N) is 3. The van der Waals surface area contributed by atoms with Gasteiger partial charge >= 0.3 is 0 Å². The number of fused-ring (bicyclic) bond motifs is 4. The molecule has 0 saturated carbocycles. The molecule has 3 aromatic heterocycles. The molecule has 0 fully saturated rings. The van der Waals surface area contributed by atoms with E-state index in [1.807, 2.05) is 29.5 Å². The van der Waals surface area contributed by atoms with Crippen LogP contribution in [0.1, 0.15) is 0 Å². The highest BCUT2D eigenvalue weighted by Crippen LogP contribution is 2.42. The van der Waals surface area contributed by atoms with Gasteiger partial charge in [-0.2, -0.15) is 0 Å². The Kier molecular flexibility index (Phi) is 6.51. The highest BCUT2D eigenvalue weighted by molar-refractivity contribution is 7.26. The lowest BCUT2D eigenvalue weighted by atomic mass is 10.00. The molecule has 3 nitrogen and oxygen atoms in total. The zero-order valence-electron chi connectivity index (χ0n) is 24.6. The van der Waals surface area contributed by atoms with Crippen LogP contribution < -0.4 is 0 Å². The van der Waals surface area contributed by atoms with E-state index in [2.05, 4.69) is 133 Å². The second kappa shape index (κ2) is 11.1. The first kappa shape index (κ1) is 26.9. The van der Waals surface area contributed by atoms with E-state index < -0.39 is 0 Å². The Morgan fingerprint density at radius 1 is 0.391 bits per heavy atom. The van der Waals surface area contributed by atoms with Crippen molar-refractivity contribution in [1.82, 2.24) is 15.0 Å². The van der Waals surface area contributed by atoms with Gasteiger partial charge in [0.25, 0.3) is 0 Å². The highest BCUT2D eigenvalue weighted by atomic mass is 32.1. The van der Waals surface area contributed by atoms with Crippen molar-refractivity contribution in [2.24, 2.45) is 0 Å². The van der Waals surface area contributed by atoms with E-state index in [4.69, 9.17) is 15.0 Å². The molecule has 0 unspecified atom stereocenters. The molecule has 0 N–H and O–H groups in total. The Morgan fingerprint density at radius 3 is 1.89 bits per heavy atom. The van der Waals surface area contributed by atoms with Gasteiger partial charge < -0.3 is 0 Å². The van der Waals surface area contributed by atoms with Gasteiger partial charge in [0.2, 0.25) is 0 Å². The first-order valence-electron chi connectivity index (χ1n) is 15.2. The lowest BCUT2D eigenvalue weighted by Crippen LogP contribution is -1.96. The van der Waals surface area contributed by atoms with Crippen molar-refractivity contribution in [2.75, 3.05) is 0 Å². The largest absolute Gasteiger partial charge is 0.236 e. The summed E-state index contributed by atoms with van der Waals surface area (Å²) in [6.45, 7) is 0. The van der Waals surface area contributed by atoms with E-state index in [1.54, 1.807) is 11.3 Å². The number of hydrogen-bond acceptors (Lipinski definition) is 5. The van der Waals surface area contributed by atoms with Gasteiger partial charge in [-0.1, -0.05) is 115 Å². The summed E-state index contributed by atoms with van der Waals surface area (Å²) in [6, 6.07) is 53.1. The van der Waals surface area contributed by atoms with Gasteiger partial charge in [0, 0.05) is 42.4 Å². The van der Waals surface area contributed by atoms with Crippen LogP contribution in [-0.2, 0) is 0 Å². The molecule has 0 saturated heterocycles. The SMILES string of the molecule is c1ccc(-c2cccc(-c3cc(-c4ccccc4)nc(-c4cccc5sc6cc(-c7nc8ccccc8s7)ccc6c45)n3)c2)cc1. The fourth-order valence-electron chi connectivity index (χ4n) is 6.10.